The van der Waals surface area contributed by atoms with Gasteiger partial charge < -0.3 is 5.32 Å². The van der Waals surface area contributed by atoms with Gasteiger partial charge in [0, 0.05) is 11.8 Å². The highest BCUT2D eigenvalue weighted by atomic mass is 32.2. The highest BCUT2D eigenvalue weighted by Crippen LogP contribution is 2.24. The van der Waals surface area contributed by atoms with Gasteiger partial charge in [-0.15, -0.1) is 11.3 Å². The summed E-state index contributed by atoms with van der Waals surface area (Å²) in [6.45, 7) is 1.06. The maximum atomic E-state index is 12.2. The van der Waals surface area contributed by atoms with Crippen molar-refractivity contribution in [3.05, 3.63) is 24.3 Å². The first-order valence-electron chi connectivity index (χ1n) is 5.80. The molecule has 0 saturated carbocycles. The van der Waals surface area contributed by atoms with E-state index in [4.69, 9.17) is 0 Å². The number of rotatable bonds is 3. The molecule has 5 heteroatoms. The van der Waals surface area contributed by atoms with Crippen LogP contribution in [0, 0.1) is 0 Å². The third-order valence-electron chi connectivity index (χ3n) is 2.98. The maximum Gasteiger partial charge on any atom is 0.181 e. The molecule has 0 unspecified atom stereocenters. The SMILES string of the molecule is O=[S@@](C[C@H]1CCCN1)c1nc2ccccc2s1. The van der Waals surface area contributed by atoms with Crippen molar-refractivity contribution < 1.29 is 4.21 Å². The topological polar surface area (TPSA) is 42.0 Å². The number of hydrogen-bond donors (Lipinski definition) is 1. The van der Waals surface area contributed by atoms with Crippen LogP contribution < -0.4 is 5.32 Å². The smallest absolute Gasteiger partial charge is 0.181 e. The molecule has 17 heavy (non-hydrogen) atoms. The normalized spacial score (nSPS) is 22.0. The highest BCUT2D eigenvalue weighted by molar-refractivity contribution is 7.87. The van der Waals surface area contributed by atoms with Crippen molar-refractivity contribution in [3.63, 3.8) is 0 Å². The molecule has 1 aromatic heterocycles. The minimum Gasteiger partial charge on any atom is -0.313 e. The van der Waals surface area contributed by atoms with Crippen LogP contribution in [0.4, 0.5) is 0 Å². The van der Waals surface area contributed by atoms with Crippen molar-refractivity contribution in [1.82, 2.24) is 10.3 Å². The van der Waals surface area contributed by atoms with Gasteiger partial charge in [0.25, 0.3) is 0 Å². The summed E-state index contributed by atoms with van der Waals surface area (Å²) >= 11 is 1.55. The van der Waals surface area contributed by atoms with Crippen LogP contribution >= 0.6 is 11.3 Å². The van der Waals surface area contributed by atoms with E-state index in [-0.39, 0.29) is 0 Å². The van der Waals surface area contributed by atoms with Crippen molar-refractivity contribution in [3.8, 4) is 0 Å². The first-order valence-corrected chi connectivity index (χ1v) is 7.94. The molecule has 3 rings (SSSR count). The number of benzene rings is 1. The van der Waals surface area contributed by atoms with Crippen molar-refractivity contribution in [2.45, 2.75) is 23.2 Å². The fourth-order valence-electron chi connectivity index (χ4n) is 2.10. The number of nitrogens with one attached hydrogen (secondary N) is 1. The fourth-order valence-corrected chi connectivity index (χ4v) is 4.64. The minimum atomic E-state index is -0.961. The van der Waals surface area contributed by atoms with Gasteiger partial charge in [0.05, 0.1) is 21.0 Å². The molecule has 2 heterocycles. The van der Waals surface area contributed by atoms with Crippen LogP contribution in [0.2, 0.25) is 0 Å². The van der Waals surface area contributed by atoms with Crippen LogP contribution in [0.1, 0.15) is 12.8 Å². The Balaban J connectivity index is 1.80. The van der Waals surface area contributed by atoms with Crippen molar-refractivity contribution in [1.29, 1.82) is 0 Å². The number of aromatic nitrogens is 1. The highest BCUT2D eigenvalue weighted by Gasteiger charge is 2.19. The van der Waals surface area contributed by atoms with E-state index in [1.807, 2.05) is 24.3 Å². The van der Waals surface area contributed by atoms with E-state index in [2.05, 4.69) is 10.3 Å². The molecule has 1 fully saturated rings. The van der Waals surface area contributed by atoms with Gasteiger partial charge in [-0.1, -0.05) is 12.1 Å². The lowest BCUT2D eigenvalue weighted by atomic mass is 10.3. The van der Waals surface area contributed by atoms with Gasteiger partial charge >= 0.3 is 0 Å². The van der Waals surface area contributed by atoms with Crippen molar-refractivity contribution in [2.24, 2.45) is 0 Å². The average molecular weight is 266 g/mol. The van der Waals surface area contributed by atoms with Gasteiger partial charge in [0.1, 0.15) is 0 Å². The summed E-state index contributed by atoms with van der Waals surface area (Å²) in [6, 6.07) is 8.36. The number of thiazole rings is 1. The van der Waals surface area contributed by atoms with E-state index >= 15 is 0 Å². The van der Waals surface area contributed by atoms with Crippen molar-refractivity contribution >= 4 is 32.4 Å². The third kappa shape index (κ3) is 2.41. The lowest BCUT2D eigenvalue weighted by molar-refractivity contribution is 0.643. The second-order valence-corrected chi connectivity index (χ2v) is 6.95. The molecule has 0 spiro atoms. The van der Waals surface area contributed by atoms with E-state index < -0.39 is 10.8 Å². The van der Waals surface area contributed by atoms with Crippen LogP contribution in [-0.4, -0.2) is 27.5 Å². The molecule has 1 saturated heterocycles. The fraction of sp³-hybridized carbons (Fsp3) is 0.417. The number of nitrogens with zero attached hydrogens (tertiary/aromatic N) is 1. The van der Waals surface area contributed by atoms with Crippen LogP contribution in [0.5, 0.6) is 0 Å². The summed E-state index contributed by atoms with van der Waals surface area (Å²) < 4.78 is 14.1. The van der Waals surface area contributed by atoms with Gasteiger partial charge in [-0.2, -0.15) is 0 Å². The molecule has 0 radical (unpaired) electrons. The zero-order chi connectivity index (χ0) is 11.7. The monoisotopic (exact) mass is 266 g/mol. The largest absolute Gasteiger partial charge is 0.313 e. The number of para-hydroxylation sites is 1. The molecule has 0 aliphatic carbocycles. The maximum absolute atomic E-state index is 12.2. The molecular formula is C12H14N2OS2. The summed E-state index contributed by atoms with van der Waals surface area (Å²) in [5.74, 6) is 0.694. The Labute approximate surface area is 107 Å². The van der Waals surface area contributed by atoms with Crippen LogP contribution in [0.25, 0.3) is 10.2 Å². The van der Waals surface area contributed by atoms with Crippen LogP contribution in [0.15, 0.2) is 28.6 Å². The molecule has 90 valence electrons. The Morgan fingerprint density at radius 1 is 1.47 bits per heavy atom. The van der Waals surface area contributed by atoms with Gasteiger partial charge in [-0.3, -0.25) is 4.21 Å². The molecular weight excluding hydrogens is 252 g/mol. The van der Waals surface area contributed by atoms with E-state index in [1.165, 1.54) is 6.42 Å². The molecule has 2 atom stereocenters. The minimum absolute atomic E-state index is 0.405. The third-order valence-corrected chi connectivity index (χ3v) is 5.81. The van der Waals surface area contributed by atoms with Crippen LogP contribution in [0.3, 0.4) is 0 Å². The Hall–Kier alpha value is -0.780. The van der Waals surface area contributed by atoms with Gasteiger partial charge in [-0.05, 0) is 31.5 Å². The lowest BCUT2D eigenvalue weighted by Crippen LogP contribution is -2.27. The van der Waals surface area contributed by atoms with Crippen LogP contribution in [-0.2, 0) is 10.8 Å². The molecule has 1 aliphatic rings. The van der Waals surface area contributed by atoms with Gasteiger partial charge in [0.15, 0.2) is 4.34 Å². The van der Waals surface area contributed by atoms with Gasteiger partial charge in [0.2, 0.25) is 0 Å². The number of fused-ring (bicyclic) bond motifs is 1. The number of hydrogen-bond acceptors (Lipinski definition) is 4. The molecule has 1 aliphatic heterocycles. The lowest BCUT2D eigenvalue weighted by Gasteiger charge is -2.07. The van der Waals surface area contributed by atoms with Gasteiger partial charge in [-0.25, -0.2) is 4.98 Å². The average Bonchev–Trinajstić information content (AvgIpc) is 2.96. The standard InChI is InChI=1S/C12H14N2OS2/c15-17(8-9-4-3-7-13-9)12-14-10-5-1-2-6-11(10)16-12/h1-2,5-6,9,13H,3-4,7-8H2/t9-,17+/m1/s1. The summed E-state index contributed by atoms with van der Waals surface area (Å²) in [5, 5.41) is 3.37. The summed E-state index contributed by atoms with van der Waals surface area (Å²) in [5.41, 5.74) is 0.959. The second kappa shape index (κ2) is 4.84. The first kappa shape index (κ1) is 11.3. The van der Waals surface area contributed by atoms with E-state index in [0.29, 0.717) is 11.8 Å². The second-order valence-electron chi connectivity index (χ2n) is 4.25. The summed E-state index contributed by atoms with van der Waals surface area (Å²) in [7, 11) is -0.961. The molecule has 0 bridgehead atoms. The van der Waals surface area contributed by atoms with E-state index in [1.54, 1.807) is 11.3 Å². The Bertz CT molecular complexity index is 513. The summed E-state index contributed by atoms with van der Waals surface area (Å²) in [6.07, 6.45) is 2.33. The predicted molar refractivity (Wildman–Crippen MR) is 71.9 cm³/mol. The quantitative estimate of drug-likeness (QED) is 0.925. The van der Waals surface area contributed by atoms with E-state index in [0.717, 1.165) is 27.5 Å². The van der Waals surface area contributed by atoms with Crippen molar-refractivity contribution in [2.75, 3.05) is 12.3 Å². The summed E-state index contributed by atoms with van der Waals surface area (Å²) in [4.78, 5) is 4.45. The Kier molecular flexibility index (Phi) is 3.22. The zero-order valence-corrected chi connectivity index (χ0v) is 11.0. The molecule has 1 aromatic carbocycles. The zero-order valence-electron chi connectivity index (χ0n) is 9.39. The van der Waals surface area contributed by atoms with E-state index in [9.17, 15) is 4.21 Å². The molecule has 0 amide bonds. The Morgan fingerprint density at radius 3 is 3.12 bits per heavy atom. The molecule has 1 N–H and O–H groups in total. The predicted octanol–water partition coefficient (Wildman–Crippen LogP) is 2.16. The first-order chi connectivity index (χ1) is 8.33. The molecule has 3 nitrogen and oxygen atoms in total. The molecule has 2 aromatic rings. The Morgan fingerprint density at radius 2 is 2.35 bits per heavy atom.